The number of carboxylic acid groups (broad SMARTS) is 1. The molecule has 0 aromatic rings. The summed E-state index contributed by atoms with van der Waals surface area (Å²) in [6.45, 7) is 0. The van der Waals surface area contributed by atoms with Crippen molar-refractivity contribution in [2.45, 2.75) is 41.7 Å². The first-order valence-corrected chi connectivity index (χ1v) is 5.01. The second-order valence-electron chi connectivity index (χ2n) is 4.25. The third kappa shape index (κ3) is 3.33. The van der Waals surface area contributed by atoms with Gasteiger partial charge in [0.2, 0.25) is 0 Å². The van der Waals surface area contributed by atoms with Crippen molar-refractivity contribution in [3.63, 3.8) is 0 Å². The van der Waals surface area contributed by atoms with Crippen molar-refractivity contribution in [2.75, 3.05) is 0 Å². The molecule has 0 aliphatic heterocycles. The predicted octanol–water partition coefficient (Wildman–Crippen LogP) is 1.56. The minimum atomic E-state index is -8.47. The molecule has 0 radical (unpaired) electrons. The van der Waals surface area contributed by atoms with Crippen LogP contribution in [0.1, 0.15) is 1.43 Å². The molecule has 18 heteroatoms. The Labute approximate surface area is 155 Å². The first-order chi connectivity index (χ1) is 10.4. The summed E-state index contributed by atoms with van der Waals surface area (Å²) in [5, 5.41) is 7.57. The summed E-state index contributed by atoms with van der Waals surface area (Å²) in [6, 6.07) is 0. The standard InChI is InChI=1S/C8HF15O2.Na.H/c9-2(10,1(24)25)3(11,12)4(13,14)5(15,16)6(17,18)7(19,20)8(21,22)23;;/h(H,24,25);;/q;+1;-1. The first-order valence-electron chi connectivity index (χ1n) is 5.01. The van der Waals surface area contributed by atoms with Gasteiger partial charge in [-0.05, 0) is 0 Å². The summed E-state index contributed by atoms with van der Waals surface area (Å²) in [6.07, 6.45) is -7.69. The average molecular weight is 438 g/mol. The maximum Gasteiger partial charge on any atom is 1.00 e. The van der Waals surface area contributed by atoms with Crippen molar-refractivity contribution in [2.24, 2.45) is 0 Å². The number of carboxylic acids is 1. The van der Waals surface area contributed by atoms with E-state index in [1.807, 2.05) is 0 Å². The summed E-state index contributed by atoms with van der Waals surface area (Å²) in [5.74, 6) is -52.8. The van der Waals surface area contributed by atoms with Crippen molar-refractivity contribution < 1.29 is 107 Å². The van der Waals surface area contributed by atoms with E-state index < -0.39 is 47.7 Å². The fraction of sp³-hybridized carbons (Fsp3) is 0.875. The van der Waals surface area contributed by atoms with Gasteiger partial charge in [-0.2, -0.15) is 65.9 Å². The van der Waals surface area contributed by atoms with E-state index in [4.69, 9.17) is 5.11 Å². The molecule has 0 bridgehead atoms. The zero-order chi connectivity index (χ0) is 21.1. The number of rotatable bonds is 6. The Balaban J connectivity index is -0.00000288. The Kier molecular flexibility index (Phi) is 7.22. The first kappa shape index (κ1) is 27.6. The summed E-state index contributed by atoms with van der Waals surface area (Å²) in [4.78, 5) is 9.72. The van der Waals surface area contributed by atoms with Crippen LogP contribution in [0.4, 0.5) is 65.9 Å². The van der Waals surface area contributed by atoms with Crippen molar-refractivity contribution in [1.29, 1.82) is 0 Å². The van der Waals surface area contributed by atoms with Gasteiger partial charge in [0.25, 0.3) is 0 Å². The molecule has 0 unspecified atom stereocenters. The monoisotopic (exact) mass is 438 g/mol. The summed E-state index contributed by atoms with van der Waals surface area (Å²) < 4.78 is 187. The smallest absolute Gasteiger partial charge is 1.00 e. The molecule has 2 nitrogen and oxygen atoms in total. The zero-order valence-corrected chi connectivity index (χ0v) is 13.5. The predicted molar refractivity (Wildman–Crippen MR) is 44.5 cm³/mol. The van der Waals surface area contributed by atoms with Gasteiger partial charge < -0.3 is 6.53 Å². The molecule has 0 heterocycles. The van der Waals surface area contributed by atoms with Gasteiger partial charge in [-0.3, -0.25) is 0 Å². The molecule has 0 aliphatic rings. The largest absolute Gasteiger partial charge is 1.00 e. The van der Waals surface area contributed by atoms with E-state index in [1.165, 1.54) is 0 Å². The number of hydrogen-bond acceptors (Lipinski definition) is 1. The minimum Gasteiger partial charge on any atom is -1.00 e. The summed E-state index contributed by atoms with van der Waals surface area (Å²) in [5.41, 5.74) is 0. The molecular formula is C8H2F15NaO2. The molecule has 0 aromatic carbocycles. The van der Waals surface area contributed by atoms with Crippen LogP contribution in [0.5, 0.6) is 0 Å². The van der Waals surface area contributed by atoms with E-state index in [2.05, 4.69) is 0 Å². The van der Waals surface area contributed by atoms with Crippen LogP contribution in [0, 0.1) is 0 Å². The van der Waals surface area contributed by atoms with Crippen LogP contribution in [0.15, 0.2) is 0 Å². The fourth-order valence-electron chi connectivity index (χ4n) is 1.10. The molecule has 0 saturated heterocycles. The quantitative estimate of drug-likeness (QED) is 0.505. The molecule has 0 fully saturated rings. The second-order valence-corrected chi connectivity index (χ2v) is 4.25. The van der Waals surface area contributed by atoms with E-state index in [1.54, 1.807) is 0 Å². The van der Waals surface area contributed by atoms with Crippen LogP contribution in [-0.4, -0.2) is 52.8 Å². The molecule has 0 amide bonds. The van der Waals surface area contributed by atoms with Crippen LogP contribution in [-0.2, 0) is 4.79 Å². The van der Waals surface area contributed by atoms with Crippen LogP contribution in [0.25, 0.3) is 0 Å². The Hall–Kier alpha value is -0.580. The van der Waals surface area contributed by atoms with Gasteiger partial charge in [-0.1, -0.05) is 0 Å². The van der Waals surface area contributed by atoms with Crippen molar-refractivity contribution in [3.05, 3.63) is 0 Å². The van der Waals surface area contributed by atoms with E-state index >= 15 is 0 Å². The van der Waals surface area contributed by atoms with Crippen LogP contribution >= 0.6 is 0 Å². The summed E-state index contributed by atoms with van der Waals surface area (Å²) >= 11 is 0. The number of halogens is 15. The minimum absolute atomic E-state index is 0. The Morgan fingerprint density at radius 3 is 1.00 bits per heavy atom. The zero-order valence-electron chi connectivity index (χ0n) is 12.5. The maximum atomic E-state index is 12.8. The van der Waals surface area contributed by atoms with Crippen molar-refractivity contribution >= 4 is 5.97 Å². The topological polar surface area (TPSA) is 37.3 Å². The molecule has 1 N–H and O–H groups in total. The number of carbonyl (C=O) groups is 1. The molecular weight excluding hydrogens is 436 g/mol. The Morgan fingerprint density at radius 1 is 0.538 bits per heavy atom. The molecule has 0 rings (SSSR count). The van der Waals surface area contributed by atoms with E-state index in [0.29, 0.717) is 0 Å². The van der Waals surface area contributed by atoms with E-state index in [0.717, 1.165) is 0 Å². The molecule has 0 saturated carbocycles. The van der Waals surface area contributed by atoms with Gasteiger partial charge in [-0.15, -0.1) is 0 Å². The normalized spacial score (nSPS) is 15.5. The number of aliphatic carboxylic acids is 1. The average Bonchev–Trinajstić information content (AvgIpc) is 2.35. The van der Waals surface area contributed by atoms with Crippen molar-refractivity contribution in [3.8, 4) is 0 Å². The van der Waals surface area contributed by atoms with Gasteiger partial charge >= 0.3 is 77.2 Å². The maximum absolute atomic E-state index is 12.8. The number of hydrogen-bond donors (Lipinski definition) is 1. The van der Waals surface area contributed by atoms with Gasteiger partial charge in [0.15, 0.2) is 0 Å². The molecule has 0 aromatic heterocycles. The van der Waals surface area contributed by atoms with E-state index in [9.17, 15) is 70.7 Å². The number of alkyl halides is 15. The van der Waals surface area contributed by atoms with Crippen LogP contribution in [0.3, 0.4) is 0 Å². The molecule has 0 atom stereocenters. The van der Waals surface area contributed by atoms with Gasteiger partial charge in [0.05, 0.1) is 0 Å². The van der Waals surface area contributed by atoms with Gasteiger partial charge in [0, 0.05) is 0 Å². The molecule has 26 heavy (non-hydrogen) atoms. The van der Waals surface area contributed by atoms with Crippen LogP contribution < -0.4 is 29.6 Å². The van der Waals surface area contributed by atoms with E-state index in [-0.39, 0.29) is 31.0 Å². The van der Waals surface area contributed by atoms with Crippen LogP contribution in [0.2, 0.25) is 0 Å². The fourth-order valence-corrected chi connectivity index (χ4v) is 1.10. The molecule has 152 valence electrons. The molecule has 0 aliphatic carbocycles. The Bertz CT molecular complexity index is 542. The Morgan fingerprint density at radius 2 is 0.769 bits per heavy atom. The second kappa shape index (κ2) is 6.79. The van der Waals surface area contributed by atoms with Gasteiger partial charge in [0.1, 0.15) is 0 Å². The SMILES string of the molecule is O=C(O)C(F)(F)C(F)(F)C(F)(F)C(F)(F)C(F)(F)C(F)(F)C(F)(F)F.[H-].[Na+]. The third-order valence-corrected chi connectivity index (χ3v) is 2.60. The van der Waals surface area contributed by atoms with Crippen molar-refractivity contribution in [1.82, 2.24) is 0 Å². The summed E-state index contributed by atoms with van der Waals surface area (Å²) in [7, 11) is 0. The molecule has 0 spiro atoms. The third-order valence-electron chi connectivity index (χ3n) is 2.60. The van der Waals surface area contributed by atoms with Gasteiger partial charge in [-0.25, -0.2) is 4.79 Å².